The number of primary amides is 1. The zero-order valence-electron chi connectivity index (χ0n) is 22.1. The Kier molecular flexibility index (Phi) is 11.8. The summed E-state index contributed by atoms with van der Waals surface area (Å²) in [5, 5.41) is 3.27. The van der Waals surface area contributed by atoms with Crippen molar-refractivity contribution in [3.8, 4) is 11.4 Å². The van der Waals surface area contributed by atoms with Crippen molar-refractivity contribution < 1.29 is 9.18 Å². The number of anilines is 2. The van der Waals surface area contributed by atoms with Crippen LogP contribution >= 0.6 is 0 Å². The van der Waals surface area contributed by atoms with Gasteiger partial charge in [0.05, 0.1) is 0 Å². The second kappa shape index (κ2) is 14.8. The molecule has 0 saturated carbocycles. The third-order valence-electron chi connectivity index (χ3n) is 5.94. The molecule has 0 spiro atoms. The Morgan fingerprint density at radius 1 is 1.06 bits per heavy atom. The van der Waals surface area contributed by atoms with Crippen molar-refractivity contribution in [2.75, 3.05) is 42.9 Å². The smallest absolute Gasteiger partial charge is 0.204 e. The molecule has 4 rings (SSSR count). The SMILES string of the molecule is CC.CCN1CCN(c2ccc(-c3ncc(C)c(NCc4ccc(C)cc4F)n3)cc2)CC1.NC=O. The van der Waals surface area contributed by atoms with Crippen LogP contribution in [0, 0.1) is 19.7 Å². The quantitative estimate of drug-likeness (QED) is 0.480. The average Bonchev–Trinajstić information content (AvgIpc) is 2.91. The number of piperazine rings is 1. The van der Waals surface area contributed by atoms with Gasteiger partial charge in [0, 0.05) is 61.3 Å². The summed E-state index contributed by atoms with van der Waals surface area (Å²) < 4.78 is 14.2. The van der Waals surface area contributed by atoms with E-state index >= 15 is 0 Å². The number of carbonyl (C=O) groups is 1. The molecule has 1 aliphatic rings. The molecule has 194 valence electrons. The van der Waals surface area contributed by atoms with Gasteiger partial charge in [0.2, 0.25) is 6.41 Å². The van der Waals surface area contributed by atoms with Crippen LogP contribution in [-0.2, 0) is 11.3 Å². The molecule has 2 aromatic carbocycles. The van der Waals surface area contributed by atoms with Gasteiger partial charge in [-0.25, -0.2) is 14.4 Å². The van der Waals surface area contributed by atoms with Crippen molar-refractivity contribution in [3.05, 3.63) is 71.2 Å². The molecule has 1 aliphatic heterocycles. The highest BCUT2D eigenvalue weighted by molar-refractivity contribution is 5.62. The van der Waals surface area contributed by atoms with Crippen LogP contribution in [0.2, 0.25) is 0 Å². The molecule has 7 nitrogen and oxygen atoms in total. The number of aryl methyl sites for hydroxylation is 2. The lowest BCUT2D eigenvalue weighted by Crippen LogP contribution is -2.46. The summed E-state index contributed by atoms with van der Waals surface area (Å²) in [5.41, 5.74) is 8.84. The summed E-state index contributed by atoms with van der Waals surface area (Å²) in [6.07, 6.45) is 2.06. The number of amides is 1. The number of likely N-dealkylation sites (N-methyl/N-ethyl adjacent to an activating group) is 1. The fourth-order valence-electron chi connectivity index (χ4n) is 3.88. The number of nitrogens with one attached hydrogen (secondary N) is 1. The van der Waals surface area contributed by atoms with Crippen LogP contribution in [0.25, 0.3) is 11.4 Å². The largest absolute Gasteiger partial charge is 0.372 e. The highest BCUT2D eigenvalue weighted by Gasteiger charge is 2.16. The molecule has 1 amide bonds. The standard InChI is InChI=1S/C25H30FN5.C2H6.CH3NO/c1-4-30-11-13-31(14-12-30)22-9-7-20(8-10-22)25-27-16-19(3)24(29-25)28-17-21-6-5-18(2)15-23(21)26;1-2;2-1-3/h5-10,15-16H,4,11-14,17H2,1-3H3,(H,27,28,29);1-2H3;1H,(H2,2,3). The van der Waals surface area contributed by atoms with Crippen LogP contribution < -0.4 is 16.0 Å². The van der Waals surface area contributed by atoms with Gasteiger partial charge in [-0.3, -0.25) is 4.79 Å². The maximum Gasteiger partial charge on any atom is 0.204 e. The Balaban J connectivity index is 0.000000850. The number of rotatable bonds is 6. The third kappa shape index (κ3) is 8.02. The first-order valence-corrected chi connectivity index (χ1v) is 12.5. The first-order valence-electron chi connectivity index (χ1n) is 12.5. The van der Waals surface area contributed by atoms with Crippen molar-refractivity contribution in [2.24, 2.45) is 5.73 Å². The Morgan fingerprint density at radius 3 is 2.28 bits per heavy atom. The summed E-state index contributed by atoms with van der Waals surface area (Å²) in [4.78, 5) is 22.7. The summed E-state index contributed by atoms with van der Waals surface area (Å²) in [5.74, 6) is 1.19. The van der Waals surface area contributed by atoms with Gasteiger partial charge in [0.25, 0.3) is 0 Å². The van der Waals surface area contributed by atoms with Gasteiger partial charge in [-0.2, -0.15) is 0 Å². The lowest BCUT2D eigenvalue weighted by molar-refractivity contribution is -0.106. The van der Waals surface area contributed by atoms with Crippen molar-refractivity contribution in [1.29, 1.82) is 0 Å². The number of hydrogen-bond acceptors (Lipinski definition) is 6. The van der Waals surface area contributed by atoms with Gasteiger partial charge >= 0.3 is 0 Å². The summed E-state index contributed by atoms with van der Waals surface area (Å²) in [6, 6.07) is 13.7. The monoisotopic (exact) mass is 494 g/mol. The molecular weight excluding hydrogens is 455 g/mol. The molecule has 2 heterocycles. The number of carbonyl (C=O) groups excluding carboxylic acids is 1. The minimum absolute atomic E-state index is 0.199. The van der Waals surface area contributed by atoms with E-state index in [4.69, 9.17) is 9.78 Å². The van der Waals surface area contributed by atoms with E-state index in [1.54, 1.807) is 6.07 Å². The van der Waals surface area contributed by atoms with Crippen LogP contribution in [0.4, 0.5) is 15.9 Å². The molecule has 0 bridgehead atoms. The number of aromatic nitrogens is 2. The van der Waals surface area contributed by atoms with Crippen molar-refractivity contribution in [1.82, 2.24) is 14.9 Å². The first kappa shape index (κ1) is 28.7. The molecule has 3 aromatic rings. The van der Waals surface area contributed by atoms with E-state index in [0.717, 1.165) is 55.2 Å². The first-order chi connectivity index (χ1) is 17.4. The summed E-state index contributed by atoms with van der Waals surface area (Å²) >= 11 is 0. The Morgan fingerprint density at radius 2 is 1.69 bits per heavy atom. The number of benzene rings is 2. The van der Waals surface area contributed by atoms with E-state index in [0.29, 0.717) is 17.9 Å². The average molecular weight is 495 g/mol. The second-order valence-electron chi connectivity index (χ2n) is 8.28. The van der Waals surface area contributed by atoms with Crippen LogP contribution in [0.5, 0.6) is 0 Å². The number of halogens is 1. The predicted octanol–water partition coefficient (Wildman–Crippen LogP) is 4.78. The van der Waals surface area contributed by atoms with E-state index in [2.05, 4.69) is 57.0 Å². The lowest BCUT2D eigenvalue weighted by Gasteiger charge is -2.35. The van der Waals surface area contributed by atoms with E-state index in [1.165, 1.54) is 5.69 Å². The van der Waals surface area contributed by atoms with Gasteiger partial charge in [0.1, 0.15) is 11.6 Å². The van der Waals surface area contributed by atoms with Crippen molar-refractivity contribution in [3.63, 3.8) is 0 Å². The topological polar surface area (TPSA) is 87.4 Å². The lowest BCUT2D eigenvalue weighted by atomic mass is 10.1. The molecule has 1 saturated heterocycles. The van der Waals surface area contributed by atoms with E-state index < -0.39 is 0 Å². The maximum absolute atomic E-state index is 14.2. The second-order valence-corrected chi connectivity index (χ2v) is 8.28. The molecule has 0 atom stereocenters. The Labute approximate surface area is 214 Å². The number of nitrogens with two attached hydrogens (primary N) is 1. The fraction of sp³-hybridized carbons (Fsp3) is 0.393. The van der Waals surface area contributed by atoms with Gasteiger partial charge in [0.15, 0.2) is 5.82 Å². The van der Waals surface area contributed by atoms with Crippen LogP contribution in [-0.4, -0.2) is 54.0 Å². The fourth-order valence-corrected chi connectivity index (χ4v) is 3.88. The minimum Gasteiger partial charge on any atom is -0.372 e. The van der Waals surface area contributed by atoms with E-state index in [-0.39, 0.29) is 12.2 Å². The Hall–Kier alpha value is -3.52. The molecule has 1 fully saturated rings. The molecular formula is C28H39FN6O. The highest BCUT2D eigenvalue weighted by atomic mass is 19.1. The molecule has 0 unspecified atom stereocenters. The zero-order valence-corrected chi connectivity index (χ0v) is 22.1. The molecule has 3 N–H and O–H groups in total. The zero-order chi connectivity index (χ0) is 26.5. The van der Waals surface area contributed by atoms with E-state index in [1.807, 2.05) is 46.0 Å². The maximum atomic E-state index is 14.2. The van der Waals surface area contributed by atoms with Crippen LogP contribution in [0.1, 0.15) is 37.5 Å². The third-order valence-corrected chi connectivity index (χ3v) is 5.94. The van der Waals surface area contributed by atoms with Gasteiger partial charge in [-0.15, -0.1) is 0 Å². The minimum atomic E-state index is -0.199. The normalized spacial score (nSPS) is 13.1. The predicted molar refractivity (Wildman–Crippen MR) is 147 cm³/mol. The van der Waals surface area contributed by atoms with Gasteiger partial charge in [-0.1, -0.05) is 32.9 Å². The summed E-state index contributed by atoms with van der Waals surface area (Å²) in [7, 11) is 0. The molecule has 0 aliphatic carbocycles. The Bertz CT molecular complexity index is 1080. The van der Waals surface area contributed by atoms with Crippen molar-refractivity contribution >= 4 is 17.9 Å². The van der Waals surface area contributed by atoms with Gasteiger partial charge < -0.3 is 20.9 Å². The summed E-state index contributed by atoms with van der Waals surface area (Å²) in [6.45, 7) is 15.9. The highest BCUT2D eigenvalue weighted by Crippen LogP contribution is 2.24. The van der Waals surface area contributed by atoms with Gasteiger partial charge in [-0.05, 0) is 56.3 Å². The molecule has 1 aromatic heterocycles. The van der Waals surface area contributed by atoms with Crippen LogP contribution in [0.3, 0.4) is 0 Å². The van der Waals surface area contributed by atoms with Crippen LogP contribution in [0.15, 0.2) is 48.7 Å². The molecule has 0 radical (unpaired) electrons. The molecule has 8 heteroatoms. The number of nitrogens with zero attached hydrogens (tertiary/aromatic N) is 4. The van der Waals surface area contributed by atoms with Crippen molar-refractivity contribution in [2.45, 2.75) is 41.2 Å². The number of hydrogen-bond donors (Lipinski definition) is 2. The van der Waals surface area contributed by atoms with E-state index in [9.17, 15) is 4.39 Å². The molecule has 36 heavy (non-hydrogen) atoms.